The zero-order valence-electron chi connectivity index (χ0n) is 17.4. The Morgan fingerprint density at radius 2 is 1.80 bits per heavy atom. The average molecular weight is 406 g/mol. The number of rotatable bonds is 6. The number of benzene rings is 1. The molecule has 1 aromatic carbocycles. The van der Waals surface area contributed by atoms with Gasteiger partial charge in [-0.25, -0.2) is 9.97 Å². The second-order valence-corrected chi connectivity index (χ2v) is 7.46. The van der Waals surface area contributed by atoms with Crippen LogP contribution in [0.1, 0.15) is 24.4 Å². The van der Waals surface area contributed by atoms with Crippen molar-refractivity contribution in [2.75, 3.05) is 31.1 Å². The molecule has 4 rings (SSSR count). The lowest BCUT2D eigenvalue weighted by atomic mass is 10.2. The van der Waals surface area contributed by atoms with E-state index in [0.29, 0.717) is 38.3 Å². The van der Waals surface area contributed by atoms with Crippen molar-refractivity contribution in [3.63, 3.8) is 0 Å². The standard InChI is InChI=1S/C21H26N8O/c1-16-15-19(23-17(2)22-16)27-11-13-28(14-12-27)20(30)9-6-10-29-25-21(24-26-29)18-7-4-3-5-8-18/h3-5,7-8,15H,6,9-14H2,1-2H3. The zero-order valence-corrected chi connectivity index (χ0v) is 17.4. The SMILES string of the molecule is Cc1cc(N2CCN(C(=O)CCCn3nnc(-c4ccccc4)n3)CC2)nc(C)n1. The number of anilines is 1. The third-order valence-corrected chi connectivity index (χ3v) is 5.14. The summed E-state index contributed by atoms with van der Waals surface area (Å²) in [4.78, 5) is 27.1. The highest BCUT2D eigenvalue weighted by Crippen LogP contribution is 2.16. The Balaban J connectivity index is 1.23. The van der Waals surface area contributed by atoms with E-state index >= 15 is 0 Å². The van der Waals surface area contributed by atoms with Gasteiger partial charge in [-0.1, -0.05) is 30.3 Å². The van der Waals surface area contributed by atoms with Gasteiger partial charge < -0.3 is 9.80 Å². The van der Waals surface area contributed by atoms with Gasteiger partial charge in [0, 0.05) is 49.9 Å². The third-order valence-electron chi connectivity index (χ3n) is 5.14. The van der Waals surface area contributed by atoms with E-state index in [-0.39, 0.29) is 5.91 Å². The Labute approximate surface area is 175 Å². The molecule has 0 saturated carbocycles. The number of aryl methyl sites for hydroxylation is 3. The predicted molar refractivity (Wildman–Crippen MR) is 113 cm³/mol. The van der Waals surface area contributed by atoms with E-state index in [1.165, 1.54) is 0 Å². The first-order valence-corrected chi connectivity index (χ1v) is 10.3. The van der Waals surface area contributed by atoms with Gasteiger partial charge in [0.05, 0.1) is 6.54 Å². The van der Waals surface area contributed by atoms with E-state index in [2.05, 4.69) is 30.3 Å². The maximum Gasteiger partial charge on any atom is 0.222 e. The number of piperazine rings is 1. The van der Waals surface area contributed by atoms with Crippen molar-refractivity contribution in [3.05, 3.63) is 47.9 Å². The van der Waals surface area contributed by atoms with E-state index in [1.54, 1.807) is 4.80 Å². The molecule has 3 aromatic rings. The molecule has 0 N–H and O–H groups in total. The number of hydrogen-bond donors (Lipinski definition) is 0. The summed E-state index contributed by atoms with van der Waals surface area (Å²) in [6.45, 7) is 7.44. The molecule has 30 heavy (non-hydrogen) atoms. The van der Waals surface area contributed by atoms with Gasteiger partial charge in [0.1, 0.15) is 11.6 Å². The molecular formula is C21H26N8O. The van der Waals surface area contributed by atoms with Crippen LogP contribution >= 0.6 is 0 Å². The largest absolute Gasteiger partial charge is 0.353 e. The van der Waals surface area contributed by atoms with Gasteiger partial charge >= 0.3 is 0 Å². The first-order valence-electron chi connectivity index (χ1n) is 10.3. The highest BCUT2D eigenvalue weighted by Gasteiger charge is 2.22. The number of carbonyl (C=O) groups is 1. The monoisotopic (exact) mass is 406 g/mol. The van der Waals surface area contributed by atoms with E-state index in [9.17, 15) is 4.79 Å². The number of hydrogen-bond acceptors (Lipinski definition) is 7. The first-order chi connectivity index (χ1) is 14.6. The van der Waals surface area contributed by atoms with Crippen molar-refractivity contribution in [2.24, 2.45) is 0 Å². The Morgan fingerprint density at radius 3 is 2.53 bits per heavy atom. The van der Waals surface area contributed by atoms with Crippen LogP contribution in [0.2, 0.25) is 0 Å². The van der Waals surface area contributed by atoms with Gasteiger partial charge in [-0.05, 0) is 25.5 Å². The minimum atomic E-state index is 0.174. The summed E-state index contributed by atoms with van der Waals surface area (Å²) in [5.74, 6) is 2.50. The molecule has 0 unspecified atom stereocenters. The van der Waals surface area contributed by atoms with E-state index in [0.717, 1.165) is 36.0 Å². The fourth-order valence-corrected chi connectivity index (χ4v) is 3.61. The normalized spacial score (nSPS) is 14.2. The van der Waals surface area contributed by atoms with E-state index in [1.807, 2.05) is 55.1 Å². The van der Waals surface area contributed by atoms with E-state index < -0.39 is 0 Å². The lowest BCUT2D eigenvalue weighted by Crippen LogP contribution is -2.49. The fraction of sp³-hybridized carbons (Fsp3) is 0.429. The van der Waals surface area contributed by atoms with Crippen molar-refractivity contribution >= 4 is 11.7 Å². The van der Waals surface area contributed by atoms with Crippen molar-refractivity contribution in [3.8, 4) is 11.4 Å². The van der Waals surface area contributed by atoms with Crippen LogP contribution in [-0.4, -0.2) is 67.2 Å². The minimum Gasteiger partial charge on any atom is -0.353 e. The van der Waals surface area contributed by atoms with Crippen molar-refractivity contribution in [1.82, 2.24) is 35.1 Å². The van der Waals surface area contributed by atoms with Gasteiger partial charge in [-0.3, -0.25) is 4.79 Å². The van der Waals surface area contributed by atoms with E-state index in [4.69, 9.17) is 0 Å². The molecule has 1 saturated heterocycles. The highest BCUT2D eigenvalue weighted by molar-refractivity contribution is 5.76. The number of tetrazole rings is 1. The fourth-order valence-electron chi connectivity index (χ4n) is 3.61. The van der Waals surface area contributed by atoms with Gasteiger partial charge in [0.15, 0.2) is 0 Å². The Kier molecular flexibility index (Phi) is 5.97. The van der Waals surface area contributed by atoms with Crippen molar-refractivity contribution < 1.29 is 4.79 Å². The van der Waals surface area contributed by atoms with Crippen molar-refractivity contribution in [2.45, 2.75) is 33.2 Å². The van der Waals surface area contributed by atoms with Crippen LogP contribution in [0.25, 0.3) is 11.4 Å². The molecule has 156 valence electrons. The second-order valence-electron chi connectivity index (χ2n) is 7.46. The molecule has 1 fully saturated rings. The first kappa shape index (κ1) is 19.9. The molecule has 9 heteroatoms. The predicted octanol–water partition coefficient (Wildman–Crippen LogP) is 1.88. The molecule has 1 aliphatic rings. The number of amides is 1. The number of aromatic nitrogens is 6. The van der Waals surface area contributed by atoms with Crippen LogP contribution in [0.5, 0.6) is 0 Å². The van der Waals surface area contributed by atoms with Crippen LogP contribution < -0.4 is 4.90 Å². The van der Waals surface area contributed by atoms with Gasteiger partial charge in [0.25, 0.3) is 0 Å². The smallest absolute Gasteiger partial charge is 0.222 e. The maximum absolute atomic E-state index is 12.6. The summed E-state index contributed by atoms with van der Waals surface area (Å²) in [5, 5.41) is 12.6. The topological polar surface area (TPSA) is 92.9 Å². The molecule has 0 atom stereocenters. The molecule has 0 bridgehead atoms. The molecule has 0 spiro atoms. The Bertz CT molecular complexity index is 975. The van der Waals surface area contributed by atoms with Crippen molar-refractivity contribution in [1.29, 1.82) is 0 Å². The van der Waals surface area contributed by atoms with Crippen LogP contribution in [0.4, 0.5) is 5.82 Å². The molecule has 1 amide bonds. The molecule has 2 aromatic heterocycles. The van der Waals surface area contributed by atoms with Crippen LogP contribution in [0.3, 0.4) is 0 Å². The van der Waals surface area contributed by atoms with Crippen LogP contribution in [0, 0.1) is 13.8 Å². The highest BCUT2D eigenvalue weighted by atomic mass is 16.2. The second kappa shape index (κ2) is 8.98. The summed E-state index contributed by atoms with van der Waals surface area (Å²) < 4.78 is 0. The number of carbonyl (C=O) groups excluding carboxylic acids is 1. The zero-order chi connectivity index (χ0) is 20.9. The summed E-state index contributed by atoms with van der Waals surface area (Å²) >= 11 is 0. The summed E-state index contributed by atoms with van der Waals surface area (Å²) in [7, 11) is 0. The molecule has 0 radical (unpaired) electrons. The Hall–Kier alpha value is -3.36. The maximum atomic E-state index is 12.6. The summed E-state index contributed by atoms with van der Waals surface area (Å²) in [6.07, 6.45) is 1.17. The molecule has 0 aliphatic carbocycles. The molecular weight excluding hydrogens is 380 g/mol. The van der Waals surface area contributed by atoms with Crippen LogP contribution in [-0.2, 0) is 11.3 Å². The van der Waals surface area contributed by atoms with Gasteiger partial charge in [0.2, 0.25) is 11.7 Å². The Morgan fingerprint density at radius 1 is 1.03 bits per heavy atom. The summed E-state index contributed by atoms with van der Waals surface area (Å²) in [6, 6.07) is 11.8. The third kappa shape index (κ3) is 4.79. The lowest BCUT2D eigenvalue weighted by molar-refractivity contribution is -0.131. The van der Waals surface area contributed by atoms with Gasteiger partial charge in [-0.15, -0.1) is 10.2 Å². The molecule has 3 heterocycles. The van der Waals surface area contributed by atoms with Crippen LogP contribution in [0.15, 0.2) is 36.4 Å². The minimum absolute atomic E-state index is 0.174. The number of nitrogens with zero attached hydrogens (tertiary/aromatic N) is 8. The quantitative estimate of drug-likeness (QED) is 0.617. The average Bonchev–Trinajstić information content (AvgIpc) is 3.23. The van der Waals surface area contributed by atoms with Gasteiger partial charge in [-0.2, -0.15) is 4.80 Å². The molecule has 1 aliphatic heterocycles. The lowest BCUT2D eigenvalue weighted by Gasteiger charge is -2.35. The summed E-state index contributed by atoms with van der Waals surface area (Å²) in [5.41, 5.74) is 1.90. The molecule has 9 nitrogen and oxygen atoms in total.